The van der Waals surface area contributed by atoms with Gasteiger partial charge in [-0.2, -0.15) is 0 Å². The first-order valence-corrected chi connectivity index (χ1v) is 8.32. The van der Waals surface area contributed by atoms with E-state index in [-0.39, 0.29) is 0 Å². The molecule has 0 N–H and O–H groups in total. The smallest absolute Gasteiger partial charge is 0.120 e. The summed E-state index contributed by atoms with van der Waals surface area (Å²) in [6.07, 6.45) is 4.78. The van der Waals surface area contributed by atoms with Crippen molar-refractivity contribution < 1.29 is 4.74 Å². The van der Waals surface area contributed by atoms with Crippen molar-refractivity contribution in [3.63, 3.8) is 0 Å². The third kappa shape index (κ3) is 3.25. The van der Waals surface area contributed by atoms with Gasteiger partial charge in [-0.05, 0) is 53.4 Å². The average molecular weight is 316 g/mol. The van der Waals surface area contributed by atoms with E-state index in [1.54, 1.807) is 0 Å². The van der Waals surface area contributed by atoms with Crippen molar-refractivity contribution in [2.75, 3.05) is 11.4 Å². The highest BCUT2D eigenvalue weighted by Crippen LogP contribution is 2.32. The summed E-state index contributed by atoms with van der Waals surface area (Å²) in [5.41, 5.74) is 5.17. The van der Waals surface area contributed by atoms with Crippen LogP contribution >= 0.6 is 0 Å². The molecule has 0 bridgehead atoms. The summed E-state index contributed by atoms with van der Waals surface area (Å²) in [6.45, 7) is 2.60. The molecule has 0 fully saturated rings. The van der Waals surface area contributed by atoms with Gasteiger partial charge < -0.3 is 9.64 Å². The monoisotopic (exact) mass is 316 g/mol. The highest BCUT2D eigenvalue weighted by molar-refractivity contribution is 5.60. The Kier molecular flexibility index (Phi) is 4.15. The maximum absolute atomic E-state index is 5.94. The number of hydrogen-bond acceptors (Lipinski definition) is 3. The number of pyridine rings is 1. The molecule has 4 rings (SSSR count). The molecule has 2 aromatic carbocycles. The molecule has 1 aromatic heterocycles. The molecule has 0 amide bonds. The number of rotatable bonds is 5. The van der Waals surface area contributed by atoms with Gasteiger partial charge in [-0.3, -0.25) is 4.98 Å². The van der Waals surface area contributed by atoms with E-state index in [2.05, 4.69) is 52.3 Å². The molecular formula is C21H20N2O. The van der Waals surface area contributed by atoms with Crippen LogP contribution in [-0.2, 0) is 19.6 Å². The molecule has 3 aromatic rings. The van der Waals surface area contributed by atoms with Crippen LogP contribution in [0.2, 0.25) is 0 Å². The summed E-state index contributed by atoms with van der Waals surface area (Å²) in [6, 6.07) is 20.9. The van der Waals surface area contributed by atoms with Crippen LogP contribution in [-0.4, -0.2) is 11.5 Å². The minimum atomic E-state index is 0.611. The maximum Gasteiger partial charge on any atom is 0.120 e. The molecule has 1 aliphatic rings. The summed E-state index contributed by atoms with van der Waals surface area (Å²) >= 11 is 0. The lowest BCUT2D eigenvalue weighted by molar-refractivity contribution is 0.306. The molecule has 0 aliphatic carbocycles. The molecule has 0 unspecified atom stereocenters. The Morgan fingerprint density at radius 1 is 0.917 bits per heavy atom. The molecule has 3 nitrogen and oxygen atoms in total. The Bertz CT molecular complexity index is 803. The molecule has 0 saturated carbocycles. The van der Waals surface area contributed by atoms with Crippen LogP contribution in [0.4, 0.5) is 5.69 Å². The molecule has 3 heteroatoms. The zero-order valence-electron chi connectivity index (χ0n) is 13.6. The predicted octanol–water partition coefficient (Wildman–Crippen LogP) is 4.22. The largest absolute Gasteiger partial charge is 0.489 e. The molecule has 120 valence electrons. The fraction of sp³-hybridized carbons (Fsp3) is 0.190. The molecule has 24 heavy (non-hydrogen) atoms. The summed E-state index contributed by atoms with van der Waals surface area (Å²) in [5, 5.41) is 0. The Balaban J connectivity index is 1.44. The summed E-state index contributed by atoms with van der Waals surface area (Å²) in [7, 11) is 0. The van der Waals surface area contributed by atoms with E-state index in [4.69, 9.17) is 4.74 Å². The maximum atomic E-state index is 5.94. The zero-order chi connectivity index (χ0) is 16.2. The van der Waals surface area contributed by atoms with Crippen LogP contribution < -0.4 is 9.64 Å². The minimum absolute atomic E-state index is 0.611. The summed E-state index contributed by atoms with van der Waals surface area (Å²) in [4.78, 5) is 6.51. The number of anilines is 1. The molecule has 0 spiro atoms. The van der Waals surface area contributed by atoms with E-state index in [1.165, 1.54) is 22.4 Å². The summed E-state index contributed by atoms with van der Waals surface area (Å²) in [5.74, 6) is 0.948. The highest BCUT2D eigenvalue weighted by atomic mass is 16.5. The number of fused-ring (bicyclic) bond motifs is 1. The predicted molar refractivity (Wildman–Crippen MR) is 96.2 cm³/mol. The van der Waals surface area contributed by atoms with Gasteiger partial charge >= 0.3 is 0 Å². The van der Waals surface area contributed by atoms with Crippen LogP contribution in [0.3, 0.4) is 0 Å². The average Bonchev–Trinajstić information content (AvgIpc) is 3.04. The first-order chi connectivity index (χ1) is 11.9. The van der Waals surface area contributed by atoms with Crippen LogP contribution in [0.25, 0.3) is 0 Å². The lowest BCUT2D eigenvalue weighted by atomic mass is 10.1. The topological polar surface area (TPSA) is 25.4 Å². The zero-order valence-corrected chi connectivity index (χ0v) is 13.6. The van der Waals surface area contributed by atoms with Gasteiger partial charge in [-0.1, -0.05) is 30.3 Å². The number of benzene rings is 2. The Hall–Kier alpha value is -2.81. The van der Waals surface area contributed by atoms with Crippen LogP contribution in [0.5, 0.6) is 5.75 Å². The van der Waals surface area contributed by atoms with Crippen LogP contribution in [0, 0.1) is 0 Å². The van der Waals surface area contributed by atoms with Gasteiger partial charge in [0.1, 0.15) is 12.4 Å². The van der Waals surface area contributed by atoms with Crippen molar-refractivity contribution in [3.8, 4) is 5.75 Å². The second-order valence-electron chi connectivity index (χ2n) is 6.09. The van der Waals surface area contributed by atoms with Crippen LogP contribution in [0.15, 0.2) is 73.1 Å². The molecule has 0 atom stereocenters. The van der Waals surface area contributed by atoms with Gasteiger partial charge in [0.2, 0.25) is 0 Å². The van der Waals surface area contributed by atoms with Crippen molar-refractivity contribution in [2.45, 2.75) is 19.6 Å². The highest BCUT2D eigenvalue weighted by Gasteiger charge is 2.19. The second kappa shape index (κ2) is 6.75. The Labute approximate surface area is 142 Å². The number of aromatic nitrogens is 1. The van der Waals surface area contributed by atoms with Gasteiger partial charge in [0.05, 0.1) is 0 Å². The Morgan fingerprint density at radius 3 is 2.58 bits per heavy atom. The number of nitrogens with zero attached hydrogens (tertiary/aromatic N) is 2. The van der Waals surface area contributed by atoms with Crippen molar-refractivity contribution in [3.05, 3.63) is 89.7 Å². The van der Waals surface area contributed by atoms with Crippen molar-refractivity contribution in [2.24, 2.45) is 0 Å². The SMILES string of the molecule is c1ccc(COc2ccc3c(c2)CCN3Cc2ccncc2)cc1. The van der Waals surface area contributed by atoms with Crippen molar-refractivity contribution >= 4 is 5.69 Å². The third-order valence-electron chi connectivity index (χ3n) is 4.41. The van der Waals surface area contributed by atoms with E-state index in [0.717, 1.165) is 25.3 Å². The lowest BCUT2D eigenvalue weighted by Crippen LogP contribution is -2.19. The number of hydrogen-bond donors (Lipinski definition) is 0. The minimum Gasteiger partial charge on any atom is -0.489 e. The van der Waals surface area contributed by atoms with E-state index >= 15 is 0 Å². The van der Waals surface area contributed by atoms with Gasteiger partial charge in [0.15, 0.2) is 0 Å². The number of ether oxygens (including phenoxy) is 1. The van der Waals surface area contributed by atoms with E-state index < -0.39 is 0 Å². The first kappa shape index (κ1) is 14.8. The van der Waals surface area contributed by atoms with Crippen LogP contribution in [0.1, 0.15) is 16.7 Å². The lowest BCUT2D eigenvalue weighted by Gasteiger charge is -2.19. The standard InChI is InChI=1S/C21H20N2O/c1-2-4-18(5-3-1)16-24-20-6-7-21-19(14-20)10-13-23(21)15-17-8-11-22-12-9-17/h1-9,11-12,14H,10,13,15-16H2. The van der Waals surface area contributed by atoms with E-state index in [9.17, 15) is 0 Å². The summed E-state index contributed by atoms with van der Waals surface area (Å²) < 4.78 is 5.94. The van der Waals surface area contributed by atoms with Crippen molar-refractivity contribution in [1.82, 2.24) is 4.98 Å². The fourth-order valence-corrected chi connectivity index (χ4v) is 3.15. The molecule has 0 saturated heterocycles. The quantitative estimate of drug-likeness (QED) is 0.704. The van der Waals surface area contributed by atoms with E-state index in [0.29, 0.717) is 6.61 Å². The third-order valence-corrected chi connectivity index (χ3v) is 4.41. The van der Waals surface area contributed by atoms with E-state index in [1.807, 2.05) is 30.6 Å². The molecule has 1 aliphatic heterocycles. The molecular weight excluding hydrogens is 296 g/mol. The molecule has 0 radical (unpaired) electrons. The van der Waals surface area contributed by atoms with Gasteiger partial charge in [-0.25, -0.2) is 0 Å². The molecule has 2 heterocycles. The second-order valence-corrected chi connectivity index (χ2v) is 6.09. The fourth-order valence-electron chi connectivity index (χ4n) is 3.15. The van der Waals surface area contributed by atoms with Gasteiger partial charge in [0, 0.05) is 31.2 Å². The first-order valence-electron chi connectivity index (χ1n) is 8.32. The van der Waals surface area contributed by atoms with Crippen molar-refractivity contribution in [1.29, 1.82) is 0 Å². The normalized spacial score (nSPS) is 12.9. The van der Waals surface area contributed by atoms with Gasteiger partial charge in [0.25, 0.3) is 0 Å². The Morgan fingerprint density at radius 2 is 1.75 bits per heavy atom. The van der Waals surface area contributed by atoms with Gasteiger partial charge in [-0.15, -0.1) is 0 Å².